The van der Waals surface area contributed by atoms with Crippen molar-refractivity contribution in [1.29, 1.82) is 0 Å². The maximum absolute atomic E-state index is 11.7. The molecule has 3 rings (SSSR count). The number of amides is 1. The molecular formula is C19H18N2O4. The first-order valence-electron chi connectivity index (χ1n) is 7.89. The fraction of sp³-hybridized carbons (Fsp3) is 0.158. The second-order valence-electron chi connectivity index (χ2n) is 5.34. The lowest BCUT2D eigenvalue weighted by atomic mass is 10.2. The van der Waals surface area contributed by atoms with Crippen molar-refractivity contribution in [2.45, 2.75) is 6.61 Å². The molecule has 0 saturated heterocycles. The van der Waals surface area contributed by atoms with Crippen LogP contribution < -0.4 is 10.1 Å². The first kappa shape index (κ1) is 16.7. The first-order chi connectivity index (χ1) is 12.3. The molecule has 0 radical (unpaired) electrons. The van der Waals surface area contributed by atoms with Crippen molar-refractivity contribution in [3.63, 3.8) is 0 Å². The monoisotopic (exact) mass is 338 g/mol. The Kier molecular flexibility index (Phi) is 5.43. The summed E-state index contributed by atoms with van der Waals surface area (Å²) in [6, 6.07) is 18.3. The summed E-state index contributed by atoms with van der Waals surface area (Å²) in [6.45, 7) is 0.412. The largest absolute Gasteiger partial charge is 0.487 e. The van der Waals surface area contributed by atoms with Gasteiger partial charge >= 0.3 is 0 Å². The van der Waals surface area contributed by atoms with Gasteiger partial charge in [0.05, 0.1) is 6.61 Å². The van der Waals surface area contributed by atoms with Gasteiger partial charge in [0.1, 0.15) is 18.1 Å². The highest BCUT2D eigenvalue weighted by molar-refractivity contribution is 5.94. The van der Waals surface area contributed by atoms with Crippen molar-refractivity contribution in [3.05, 3.63) is 71.9 Å². The van der Waals surface area contributed by atoms with E-state index >= 15 is 0 Å². The highest BCUT2D eigenvalue weighted by atomic mass is 16.5. The summed E-state index contributed by atoms with van der Waals surface area (Å²) < 4.78 is 11.0. The number of hydrogen-bond donors (Lipinski definition) is 2. The number of aliphatic hydroxyl groups is 1. The highest BCUT2D eigenvalue weighted by Crippen LogP contribution is 2.21. The van der Waals surface area contributed by atoms with Gasteiger partial charge in [0.2, 0.25) is 0 Å². The van der Waals surface area contributed by atoms with Gasteiger partial charge in [-0.3, -0.25) is 4.79 Å². The molecule has 128 valence electrons. The number of nitrogens with one attached hydrogen (secondary N) is 1. The molecule has 0 unspecified atom stereocenters. The van der Waals surface area contributed by atoms with E-state index in [4.69, 9.17) is 14.4 Å². The van der Waals surface area contributed by atoms with E-state index in [1.54, 1.807) is 24.3 Å². The summed E-state index contributed by atoms with van der Waals surface area (Å²) in [4.78, 5) is 11.7. The molecule has 0 spiro atoms. The molecule has 6 nitrogen and oxygen atoms in total. The number of carbonyl (C=O) groups excluding carboxylic acids is 1. The van der Waals surface area contributed by atoms with Crippen molar-refractivity contribution < 1.29 is 19.2 Å². The normalized spacial score (nSPS) is 10.4. The van der Waals surface area contributed by atoms with Crippen LogP contribution in [0.3, 0.4) is 0 Å². The van der Waals surface area contributed by atoms with E-state index in [0.717, 1.165) is 5.56 Å². The standard InChI is InChI=1S/C19H18N2O4/c22-11-10-20-19(23)15-6-8-17(9-7-15)24-13-16-12-18(25-21-16)14-4-2-1-3-5-14/h1-9,12,22H,10-11,13H2,(H,20,23). The quantitative estimate of drug-likeness (QED) is 0.692. The molecule has 1 amide bonds. The van der Waals surface area contributed by atoms with Crippen LogP contribution in [-0.2, 0) is 6.61 Å². The lowest BCUT2D eigenvalue weighted by Gasteiger charge is -2.06. The van der Waals surface area contributed by atoms with Crippen LogP contribution in [0.2, 0.25) is 0 Å². The van der Waals surface area contributed by atoms with Gasteiger partial charge < -0.3 is 19.7 Å². The third-order valence-corrected chi connectivity index (χ3v) is 3.52. The van der Waals surface area contributed by atoms with Crippen LogP contribution in [-0.4, -0.2) is 29.3 Å². The average Bonchev–Trinajstić information content (AvgIpc) is 3.14. The Morgan fingerprint density at radius 3 is 2.60 bits per heavy atom. The Hall–Kier alpha value is -3.12. The number of aromatic nitrogens is 1. The van der Waals surface area contributed by atoms with Crippen molar-refractivity contribution >= 4 is 5.91 Å². The van der Waals surface area contributed by atoms with Crippen LogP contribution in [0.1, 0.15) is 16.1 Å². The molecule has 2 aromatic carbocycles. The molecule has 0 aliphatic heterocycles. The first-order valence-corrected chi connectivity index (χ1v) is 7.89. The molecule has 0 bridgehead atoms. The predicted octanol–water partition coefficient (Wildman–Crippen LogP) is 2.64. The van der Waals surface area contributed by atoms with Crippen LogP contribution in [0.4, 0.5) is 0 Å². The summed E-state index contributed by atoms with van der Waals surface area (Å²) in [6.07, 6.45) is 0. The molecule has 3 aromatic rings. The molecule has 1 aromatic heterocycles. The van der Waals surface area contributed by atoms with E-state index in [9.17, 15) is 4.79 Å². The smallest absolute Gasteiger partial charge is 0.251 e. The molecule has 0 saturated carbocycles. The number of nitrogens with zero attached hydrogens (tertiary/aromatic N) is 1. The van der Waals surface area contributed by atoms with Crippen LogP contribution in [0.25, 0.3) is 11.3 Å². The minimum Gasteiger partial charge on any atom is -0.487 e. The van der Waals surface area contributed by atoms with Gasteiger partial charge in [0, 0.05) is 23.7 Å². The van der Waals surface area contributed by atoms with Gasteiger partial charge in [0.15, 0.2) is 5.76 Å². The zero-order valence-electron chi connectivity index (χ0n) is 13.5. The Morgan fingerprint density at radius 2 is 1.88 bits per heavy atom. The number of hydrogen-bond acceptors (Lipinski definition) is 5. The lowest BCUT2D eigenvalue weighted by Crippen LogP contribution is -2.26. The third kappa shape index (κ3) is 4.45. The van der Waals surface area contributed by atoms with Crippen LogP contribution in [0.15, 0.2) is 65.2 Å². The third-order valence-electron chi connectivity index (χ3n) is 3.52. The van der Waals surface area contributed by atoms with E-state index in [1.807, 2.05) is 36.4 Å². The van der Waals surface area contributed by atoms with Crippen molar-refractivity contribution in [2.75, 3.05) is 13.2 Å². The van der Waals surface area contributed by atoms with Gasteiger partial charge in [-0.15, -0.1) is 0 Å². The Morgan fingerprint density at radius 1 is 1.12 bits per heavy atom. The Labute approximate surface area is 145 Å². The minimum atomic E-state index is -0.232. The number of aliphatic hydroxyl groups excluding tert-OH is 1. The van der Waals surface area contributed by atoms with Crippen LogP contribution >= 0.6 is 0 Å². The zero-order chi connectivity index (χ0) is 17.5. The number of carbonyl (C=O) groups is 1. The second kappa shape index (κ2) is 8.12. The molecule has 1 heterocycles. The zero-order valence-corrected chi connectivity index (χ0v) is 13.5. The molecule has 0 fully saturated rings. The van der Waals surface area contributed by atoms with Crippen molar-refractivity contribution in [3.8, 4) is 17.1 Å². The van der Waals surface area contributed by atoms with E-state index in [0.29, 0.717) is 22.8 Å². The second-order valence-corrected chi connectivity index (χ2v) is 5.34. The Bertz CT molecular complexity index is 813. The van der Waals surface area contributed by atoms with Crippen molar-refractivity contribution in [2.24, 2.45) is 0 Å². The summed E-state index contributed by atoms with van der Waals surface area (Å²) in [5.74, 6) is 1.09. The molecule has 6 heteroatoms. The van der Waals surface area contributed by atoms with E-state index < -0.39 is 0 Å². The van der Waals surface area contributed by atoms with E-state index in [-0.39, 0.29) is 25.7 Å². The Balaban J connectivity index is 1.57. The van der Waals surface area contributed by atoms with Gasteiger partial charge in [-0.2, -0.15) is 0 Å². The minimum absolute atomic E-state index is 0.0877. The fourth-order valence-corrected chi connectivity index (χ4v) is 2.25. The number of rotatable bonds is 7. The van der Waals surface area contributed by atoms with Crippen molar-refractivity contribution in [1.82, 2.24) is 10.5 Å². The summed E-state index contributed by atoms with van der Waals surface area (Å²) in [5.41, 5.74) is 2.15. The van der Waals surface area contributed by atoms with Crippen LogP contribution in [0, 0.1) is 0 Å². The summed E-state index contributed by atoms with van der Waals surface area (Å²) in [7, 11) is 0. The van der Waals surface area contributed by atoms with E-state index in [2.05, 4.69) is 10.5 Å². The maximum atomic E-state index is 11.7. The molecule has 25 heavy (non-hydrogen) atoms. The summed E-state index contributed by atoms with van der Waals surface area (Å²) in [5, 5.41) is 15.3. The molecule has 0 atom stereocenters. The molecule has 0 aliphatic carbocycles. The molecule has 0 aliphatic rings. The molecule has 2 N–H and O–H groups in total. The topological polar surface area (TPSA) is 84.6 Å². The van der Waals surface area contributed by atoms with Gasteiger partial charge in [-0.1, -0.05) is 35.5 Å². The predicted molar refractivity (Wildman–Crippen MR) is 92.1 cm³/mol. The number of benzene rings is 2. The van der Waals surface area contributed by atoms with Gasteiger partial charge in [-0.25, -0.2) is 0 Å². The maximum Gasteiger partial charge on any atom is 0.251 e. The number of ether oxygens (including phenoxy) is 1. The lowest BCUT2D eigenvalue weighted by molar-refractivity contribution is 0.0944. The molecular weight excluding hydrogens is 320 g/mol. The fourth-order valence-electron chi connectivity index (χ4n) is 2.25. The van der Waals surface area contributed by atoms with Gasteiger partial charge in [-0.05, 0) is 24.3 Å². The van der Waals surface area contributed by atoms with E-state index in [1.165, 1.54) is 0 Å². The average molecular weight is 338 g/mol. The highest BCUT2D eigenvalue weighted by Gasteiger charge is 2.08. The van der Waals surface area contributed by atoms with Crippen LogP contribution in [0.5, 0.6) is 5.75 Å². The summed E-state index contributed by atoms with van der Waals surface area (Å²) >= 11 is 0. The van der Waals surface area contributed by atoms with Gasteiger partial charge in [0.25, 0.3) is 5.91 Å². The SMILES string of the molecule is O=C(NCCO)c1ccc(OCc2cc(-c3ccccc3)on2)cc1.